The van der Waals surface area contributed by atoms with Crippen molar-refractivity contribution in [1.29, 1.82) is 0 Å². The van der Waals surface area contributed by atoms with Crippen LogP contribution < -0.4 is 5.32 Å². The predicted octanol–water partition coefficient (Wildman–Crippen LogP) is 4.58. The van der Waals surface area contributed by atoms with E-state index < -0.39 is 12.0 Å². The minimum absolute atomic E-state index is 0.105. The van der Waals surface area contributed by atoms with Gasteiger partial charge in [0.05, 0.1) is 0 Å². The summed E-state index contributed by atoms with van der Waals surface area (Å²) in [6.45, 7) is 1.87. The van der Waals surface area contributed by atoms with Crippen molar-refractivity contribution in [1.82, 2.24) is 0 Å². The van der Waals surface area contributed by atoms with E-state index in [1.165, 1.54) is 0 Å². The molecule has 0 unspecified atom stereocenters. The minimum Gasteiger partial charge on any atom is -0.355 e. The highest BCUT2D eigenvalue weighted by Gasteiger charge is 2.36. The van der Waals surface area contributed by atoms with Crippen LogP contribution in [0.4, 0.5) is 18.9 Å². The summed E-state index contributed by atoms with van der Waals surface area (Å²) in [4.78, 5) is 11.3. The topological polar surface area (TPSA) is 29.1 Å². The first-order valence-electron chi connectivity index (χ1n) is 6.58. The molecule has 2 aromatic rings. The van der Waals surface area contributed by atoms with Crippen LogP contribution in [-0.2, 0) is 4.79 Å². The third-order valence-electron chi connectivity index (χ3n) is 2.94. The Morgan fingerprint density at radius 2 is 1.73 bits per heavy atom. The number of halogens is 3. The maximum absolute atomic E-state index is 12.5. The number of hydrogen-bond donors (Lipinski definition) is 1. The van der Waals surface area contributed by atoms with Gasteiger partial charge in [0.15, 0.2) is 0 Å². The van der Waals surface area contributed by atoms with E-state index in [1.807, 2.05) is 13.0 Å². The average Bonchev–Trinajstić information content (AvgIpc) is 2.46. The summed E-state index contributed by atoms with van der Waals surface area (Å²) in [5, 5.41) is 2.88. The van der Waals surface area contributed by atoms with Crippen molar-refractivity contribution in [2.75, 3.05) is 5.32 Å². The van der Waals surface area contributed by atoms with Crippen LogP contribution >= 0.6 is 0 Å². The summed E-state index contributed by atoms with van der Waals surface area (Å²) >= 11 is 0. The van der Waals surface area contributed by atoms with Crippen LogP contribution in [0.5, 0.6) is 0 Å². The molecule has 0 radical (unpaired) electrons. The number of rotatable bonds is 4. The van der Waals surface area contributed by atoms with Gasteiger partial charge >= 0.3 is 6.18 Å². The number of alkyl halides is 3. The molecule has 2 aromatic carbocycles. The molecule has 0 aliphatic rings. The second-order valence-corrected chi connectivity index (χ2v) is 4.78. The number of carbonyl (C=O) groups is 1. The second kappa shape index (κ2) is 6.47. The van der Waals surface area contributed by atoms with Crippen LogP contribution in [0.15, 0.2) is 60.7 Å². The lowest BCUT2D eigenvalue weighted by Crippen LogP contribution is -2.21. The van der Waals surface area contributed by atoms with Gasteiger partial charge in [-0.2, -0.15) is 13.2 Å². The zero-order valence-electron chi connectivity index (χ0n) is 11.8. The number of anilines is 1. The fourth-order valence-corrected chi connectivity index (χ4v) is 1.90. The Balaban J connectivity index is 2.38. The lowest BCUT2D eigenvalue weighted by atomic mass is 10.1. The summed E-state index contributed by atoms with van der Waals surface area (Å²) in [6.07, 6.45) is -4.31. The predicted molar refractivity (Wildman–Crippen MR) is 80.3 cm³/mol. The van der Waals surface area contributed by atoms with Crippen LogP contribution in [0.2, 0.25) is 0 Å². The molecule has 0 saturated heterocycles. The molecule has 114 valence electrons. The lowest BCUT2D eigenvalue weighted by molar-refractivity contribution is -0.165. The number of hydrogen-bond acceptors (Lipinski definition) is 2. The molecule has 5 heteroatoms. The largest absolute Gasteiger partial charge is 0.454 e. The SMILES string of the molecule is Cc1cccc(N/C(=C/C(=O)C(F)(F)F)c2ccccc2)c1. The molecule has 0 atom stereocenters. The number of benzene rings is 2. The van der Waals surface area contributed by atoms with Crippen molar-refractivity contribution >= 4 is 17.2 Å². The van der Waals surface area contributed by atoms with Crippen molar-refractivity contribution in [3.05, 3.63) is 71.8 Å². The first-order chi connectivity index (χ1) is 10.4. The Kier molecular flexibility index (Phi) is 4.65. The van der Waals surface area contributed by atoms with Crippen molar-refractivity contribution in [3.63, 3.8) is 0 Å². The zero-order valence-corrected chi connectivity index (χ0v) is 11.8. The maximum atomic E-state index is 12.5. The van der Waals surface area contributed by atoms with E-state index >= 15 is 0 Å². The van der Waals surface area contributed by atoms with E-state index in [9.17, 15) is 18.0 Å². The Bertz CT molecular complexity index is 691. The highest BCUT2D eigenvalue weighted by atomic mass is 19.4. The van der Waals surface area contributed by atoms with Crippen LogP contribution in [0, 0.1) is 6.92 Å². The first kappa shape index (κ1) is 15.8. The quantitative estimate of drug-likeness (QED) is 0.838. The highest BCUT2D eigenvalue weighted by molar-refractivity contribution is 6.02. The van der Waals surface area contributed by atoms with Crippen molar-refractivity contribution < 1.29 is 18.0 Å². The molecule has 0 bridgehead atoms. The van der Waals surface area contributed by atoms with Crippen molar-refractivity contribution in [2.24, 2.45) is 0 Å². The third-order valence-corrected chi connectivity index (χ3v) is 2.94. The molecule has 0 fully saturated rings. The molecular formula is C17H14F3NO. The average molecular weight is 305 g/mol. The van der Waals surface area contributed by atoms with Gasteiger partial charge in [-0.25, -0.2) is 0 Å². The van der Waals surface area contributed by atoms with Gasteiger partial charge in [0.25, 0.3) is 5.78 Å². The smallest absolute Gasteiger partial charge is 0.355 e. The molecule has 2 nitrogen and oxygen atoms in total. The summed E-state index contributed by atoms with van der Waals surface area (Å²) in [5.74, 6) is -1.90. The van der Waals surface area contributed by atoms with Gasteiger partial charge in [0.2, 0.25) is 0 Å². The number of ketones is 1. The number of carbonyl (C=O) groups excluding carboxylic acids is 1. The standard InChI is InChI=1S/C17H14F3NO/c1-12-6-5-9-14(10-12)21-15(11-16(22)17(18,19)20)13-7-3-2-4-8-13/h2-11,21H,1H3/b15-11+. The van der Waals surface area contributed by atoms with Crippen molar-refractivity contribution in [3.8, 4) is 0 Å². The normalized spacial score (nSPS) is 12.1. The fraction of sp³-hybridized carbons (Fsp3) is 0.118. The van der Waals surface area contributed by atoms with Crippen LogP contribution in [0.25, 0.3) is 5.70 Å². The zero-order chi connectivity index (χ0) is 16.2. The van der Waals surface area contributed by atoms with Crippen LogP contribution in [-0.4, -0.2) is 12.0 Å². The van der Waals surface area contributed by atoms with Gasteiger partial charge in [-0.1, -0.05) is 42.5 Å². The molecule has 2 rings (SSSR count). The van der Waals surface area contributed by atoms with E-state index in [0.29, 0.717) is 17.3 Å². The molecule has 1 N–H and O–H groups in total. The van der Waals surface area contributed by atoms with Gasteiger partial charge in [-0.15, -0.1) is 0 Å². The van der Waals surface area contributed by atoms with Gasteiger partial charge in [-0.05, 0) is 30.2 Å². The highest BCUT2D eigenvalue weighted by Crippen LogP contribution is 2.23. The Morgan fingerprint density at radius 1 is 1.05 bits per heavy atom. The molecule has 0 spiro atoms. The Morgan fingerprint density at radius 3 is 2.32 bits per heavy atom. The molecule has 0 aromatic heterocycles. The van der Waals surface area contributed by atoms with E-state index in [-0.39, 0.29) is 5.70 Å². The second-order valence-electron chi connectivity index (χ2n) is 4.78. The summed E-state index contributed by atoms with van der Waals surface area (Å²) in [5.41, 5.74) is 2.18. The Labute approximate surface area is 126 Å². The lowest BCUT2D eigenvalue weighted by Gasteiger charge is -2.12. The summed E-state index contributed by atoms with van der Waals surface area (Å²) in [7, 11) is 0. The minimum atomic E-state index is -4.89. The number of aryl methyl sites for hydroxylation is 1. The number of nitrogens with one attached hydrogen (secondary N) is 1. The molecule has 0 saturated carbocycles. The summed E-state index contributed by atoms with van der Waals surface area (Å²) < 4.78 is 37.5. The summed E-state index contributed by atoms with van der Waals surface area (Å²) in [6, 6.07) is 15.6. The monoisotopic (exact) mass is 305 g/mol. The number of allylic oxidation sites excluding steroid dienone is 1. The van der Waals surface area contributed by atoms with Gasteiger partial charge < -0.3 is 5.32 Å². The molecule has 22 heavy (non-hydrogen) atoms. The molecular weight excluding hydrogens is 291 g/mol. The van der Waals surface area contributed by atoms with Crippen LogP contribution in [0.1, 0.15) is 11.1 Å². The fourth-order valence-electron chi connectivity index (χ4n) is 1.90. The van der Waals surface area contributed by atoms with Gasteiger partial charge in [0.1, 0.15) is 0 Å². The molecule has 0 aliphatic heterocycles. The Hall–Kier alpha value is -2.56. The van der Waals surface area contributed by atoms with E-state index in [0.717, 1.165) is 5.56 Å². The van der Waals surface area contributed by atoms with Crippen molar-refractivity contribution in [2.45, 2.75) is 13.1 Å². The first-order valence-corrected chi connectivity index (χ1v) is 6.58. The van der Waals surface area contributed by atoms with Crippen LogP contribution in [0.3, 0.4) is 0 Å². The van der Waals surface area contributed by atoms with E-state index in [1.54, 1.807) is 48.5 Å². The molecule has 0 aliphatic carbocycles. The van der Waals surface area contributed by atoms with E-state index in [4.69, 9.17) is 0 Å². The maximum Gasteiger partial charge on any atom is 0.454 e. The van der Waals surface area contributed by atoms with E-state index in [2.05, 4.69) is 5.32 Å². The van der Waals surface area contributed by atoms with Gasteiger partial charge in [0, 0.05) is 17.5 Å². The third kappa shape index (κ3) is 4.22. The molecule has 0 heterocycles. The van der Waals surface area contributed by atoms with Gasteiger partial charge in [-0.3, -0.25) is 4.79 Å². The molecule has 0 amide bonds.